The number of para-hydroxylation sites is 1. The molecule has 0 radical (unpaired) electrons. The Hall–Kier alpha value is -2.92. The smallest absolute Gasteiger partial charge is 0.144 e. The molecule has 0 heterocycles. The molecule has 3 N–H and O–H groups in total. The Labute approximate surface area is 160 Å². The second kappa shape index (κ2) is 10.3. The third-order valence-electron chi connectivity index (χ3n) is 4.22. The Balaban J connectivity index is 2.15. The summed E-state index contributed by atoms with van der Waals surface area (Å²) >= 11 is 0. The number of nitrogens with two attached hydrogens (primary N) is 1. The summed E-state index contributed by atoms with van der Waals surface area (Å²) in [6.45, 7) is 4.41. The van der Waals surface area contributed by atoms with Gasteiger partial charge >= 0.3 is 0 Å². The minimum Gasteiger partial charge on any atom is -0.507 e. The maximum atomic E-state index is 10.6. The van der Waals surface area contributed by atoms with Crippen LogP contribution in [0.25, 0.3) is 11.1 Å². The lowest BCUT2D eigenvalue weighted by Crippen LogP contribution is -2.36. The van der Waals surface area contributed by atoms with E-state index < -0.39 is 0 Å². The van der Waals surface area contributed by atoms with Gasteiger partial charge in [0.05, 0.1) is 6.54 Å². The molecule has 0 bridgehead atoms. The number of aliphatic imine (C=N–C) groups is 1. The number of hydrogen-bond acceptors (Lipinski definition) is 4. The molecule has 0 saturated carbocycles. The van der Waals surface area contributed by atoms with E-state index in [1.165, 1.54) is 6.08 Å². The molecule has 27 heavy (non-hydrogen) atoms. The lowest BCUT2D eigenvalue weighted by atomic mass is 10.0. The van der Waals surface area contributed by atoms with Crippen LogP contribution < -0.4 is 5.84 Å². The van der Waals surface area contributed by atoms with Crippen LogP contribution in [-0.2, 0) is 11.3 Å². The summed E-state index contributed by atoms with van der Waals surface area (Å²) < 4.78 is 0. The van der Waals surface area contributed by atoms with Crippen molar-refractivity contribution in [3.05, 3.63) is 65.9 Å². The maximum absolute atomic E-state index is 10.6. The molecule has 0 aliphatic heterocycles. The van der Waals surface area contributed by atoms with Crippen LogP contribution in [0.15, 0.2) is 65.3 Å². The molecule has 0 aliphatic carbocycles. The van der Waals surface area contributed by atoms with Gasteiger partial charge < -0.3 is 5.11 Å². The zero-order valence-corrected chi connectivity index (χ0v) is 15.9. The molecular formula is C22H27N3O2. The second-order valence-corrected chi connectivity index (χ2v) is 6.42. The summed E-state index contributed by atoms with van der Waals surface area (Å²) in [5.41, 5.74) is 3.43. The highest BCUT2D eigenvalue weighted by atomic mass is 16.3. The SMILES string of the molecule is CCCCC(=N/C(C)=C\C=O)N(N)Cc1ccc(-c2ccccc2O)cc1. The van der Waals surface area contributed by atoms with E-state index in [1.54, 1.807) is 24.1 Å². The predicted octanol–water partition coefficient (Wildman–Crippen LogP) is 4.43. The van der Waals surface area contributed by atoms with Crippen LogP contribution in [0.5, 0.6) is 5.75 Å². The standard InChI is InChI=1S/C22H27N3O2/c1-3-4-9-22(24-17(2)14-15-26)25(23)16-18-10-12-19(13-11-18)20-7-5-6-8-21(20)27/h5-8,10-15,27H,3-4,9,16,23H2,1-2H3/b17-14-,24-22?. The number of hydrazine groups is 1. The highest BCUT2D eigenvalue weighted by molar-refractivity contribution is 5.83. The third kappa shape index (κ3) is 6.08. The number of amidine groups is 1. The van der Waals surface area contributed by atoms with Crippen LogP contribution in [0.3, 0.4) is 0 Å². The zero-order chi connectivity index (χ0) is 19.6. The molecule has 142 valence electrons. The van der Waals surface area contributed by atoms with Crippen molar-refractivity contribution in [1.82, 2.24) is 5.01 Å². The van der Waals surface area contributed by atoms with E-state index in [0.717, 1.165) is 48.1 Å². The molecule has 2 aromatic carbocycles. The van der Waals surface area contributed by atoms with Crippen molar-refractivity contribution in [3.8, 4) is 16.9 Å². The average molecular weight is 365 g/mol. The van der Waals surface area contributed by atoms with Gasteiger partial charge in [-0.1, -0.05) is 55.8 Å². The summed E-state index contributed by atoms with van der Waals surface area (Å²) in [7, 11) is 0. The number of carbonyl (C=O) groups is 1. The largest absolute Gasteiger partial charge is 0.507 e. The highest BCUT2D eigenvalue weighted by Crippen LogP contribution is 2.28. The average Bonchev–Trinajstić information content (AvgIpc) is 2.66. The number of aromatic hydroxyl groups is 1. The first-order valence-corrected chi connectivity index (χ1v) is 9.14. The monoisotopic (exact) mass is 365 g/mol. The van der Waals surface area contributed by atoms with Gasteiger partial charge in [0.1, 0.15) is 17.9 Å². The number of allylic oxidation sites excluding steroid dienone is 2. The van der Waals surface area contributed by atoms with Gasteiger partial charge in [-0.3, -0.25) is 9.80 Å². The number of phenolic OH excluding ortho intramolecular Hbond substituents is 1. The number of rotatable bonds is 8. The Bertz CT molecular complexity index is 811. The molecule has 2 rings (SSSR count). The van der Waals surface area contributed by atoms with Crippen molar-refractivity contribution in [2.45, 2.75) is 39.7 Å². The van der Waals surface area contributed by atoms with E-state index in [1.807, 2.05) is 36.4 Å². The lowest BCUT2D eigenvalue weighted by molar-refractivity contribution is -0.104. The molecule has 0 amide bonds. The maximum Gasteiger partial charge on any atom is 0.144 e. The van der Waals surface area contributed by atoms with Crippen molar-refractivity contribution in [2.75, 3.05) is 0 Å². The van der Waals surface area contributed by atoms with Crippen LogP contribution in [0, 0.1) is 0 Å². The first-order valence-electron chi connectivity index (χ1n) is 9.14. The quantitative estimate of drug-likeness (QED) is 0.181. The summed E-state index contributed by atoms with van der Waals surface area (Å²) in [4.78, 5) is 15.1. The molecule has 0 spiro atoms. The van der Waals surface area contributed by atoms with Crippen LogP contribution >= 0.6 is 0 Å². The van der Waals surface area contributed by atoms with E-state index in [2.05, 4.69) is 11.9 Å². The molecule has 0 unspecified atom stereocenters. The minimum absolute atomic E-state index is 0.261. The zero-order valence-electron chi connectivity index (χ0n) is 15.9. The van der Waals surface area contributed by atoms with E-state index >= 15 is 0 Å². The van der Waals surface area contributed by atoms with Crippen LogP contribution in [0.4, 0.5) is 0 Å². The molecule has 5 nitrogen and oxygen atoms in total. The second-order valence-electron chi connectivity index (χ2n) is 6.42. The van der Waals surface area contributed by atoms with E-state index in [4.69, 9.17) is 5.84 Å². The van der Waals surface area contributed by atoms with Crippen LogP contribution in [0.1, 0.15) is 38.7 Å². The van der Waals surface area contributed by atoms with Crippen molar-refractivity contribution < 1.29 is 9.90 Å². The normalized spacial score (nSPS) is 12.1. The first-order chi connectivity index (χ1) is 13.0. The number of aldehydes is 1. The van der Waals surface area contributed by atoms with E-state index in [9.17, 15) is 9.90 Å². The van der Waals surface area contributed by atoms with Gasteiger partial charge in [-0.25, -0.2) is 10.8 Å². The van der Waals surface area contributed by atoms with Gasteiger partial charge in [-0.05, 0) is 36.6 Å². The van der Waals surface area contributed by atoms with Gasteiger partial charge in [-0.15, -0.1) is 0 Å². The Kier molecular flexibility index (Phi) is 7.77. The van der Waals surface area contributed by atoms with Gasteiger partial charge in [-0.2, -0.15) is 0 Å². The summed E-state index contributed by atoms with van der Waals surface area (Å²) in [6, 6.07) is 15.2. The van der Waals surface area contributed by atoms with E-state index in [-0.39, 0.29) is 5.75 Å². The van der Waals surface area contributed by atoms with Crippen molar-refractivity contribution in [1.29, 1.82) is 0 Å². The number of hydrogen-bond donors (Lipinski definition) is 2. The minimum atomic E-state index is 0.261. The fraction of sp³-hybridized carbons (Fsp3) is 0.273. The fourth-order valence-electron chi connectivity index (χ4n) is 2.73. The number of unbranched alkanes of at least 4 members (excludes halogenated alkanes) is 1. The molecule has 0 fully saturated rings. The fourth-order valence-corrected chi connectivity index (χ4v) is 2.73. The highest BCUT2D eigenvalue weighted by Gasteiger charge is 2.09. The summed E-state index contributed by atoms with van der Waals surface area (Å²) in [6.07, 6.45) is 4.94. The van der Waals surface area contributed by atoms with Gasteiger partial charge in [0, 0.05) is 17.7 Å². The van der Waals surface area contributed by atoms with Crippen LogP contribution in [-0.4, -0.2) is 22.2 Å². The Morgan fingerprint density at radius 1 is 1.19 bits per heavy atom. The topological polar surface area (TPSA) is 78.9 Å². The molecule has 2 aromatic rings. The van der Waals surface area contributed by atoms with Crippen molar-refractivity contribution >= 4 is 12.1 Å². The first kappa shape index (κ1) is 20.4. The number of benzene rings is 2. The van der Waals surface area contributed by atoms with Crippen LogP contribution in [0.2, 0.25) is 0 Å². The van der Waals surface area contributed by atoms with Gasteiger partial charge in [0.2, 0.25) is 0 Å². The summed E-state index contributed by atoms with van der Waals surface area (Å²) in [5.74, 6) is 7.28. The Morgan fingerprint density at radius 2 is 1.89 bits per heavy atom. The predicted molar refractivity (Wildman–Crippen MR) is 110 cm³/mol. The van der Waals surface area contributed by atoms with Crippen molar-refractivity contribution in [2.24, 2.45) is 10.8 Å². The number of carbonyl (C=O) groups excluding carboxylic acids is 1. The summed E-state index contributed by atoms with van der Waals surface area (Å²) in [5, 5.41) is 11.6. The number of phenols is 1. The van der Waals surface area contributed by atoms with Crippen molar-refractivity contribution in [3.63, 3.8) is 0 Å². The molecule has 5 heteroatoms. The lowest BCUT2D eigenvalue weighted by Gasteiger charge is -2.21. The molecule has 0 saturated heterocycles. The van der Waals surface area contributed by atoms with E-state index in [0.29, 0.717) is 12.2 Å². The molecule has 0 aliphatic rings. The van der Waals surface area contributed by atoms with Gasteiger partial charge in [0.15, 0.2) is 0 Å². The third-order valence-corrected chi connectivity index (χ3v) is 4.22. The Morgan fingerprint density at radius 3 is 2.52 bits per heavy atom. The molecular weight excluding hydrogens is 338 g/mol. The number of nitrogens with zero attached hydrogens (tertiary/aromatic N) is 2. The van der Waals surface area contributed by atoms with Gasteiger partial charge in [0.25, 0.3) is 0 Å². The molecule has 0 aromatic heterocycles. The molecule has 0 atom stereocenters.